The van der Waals surface area contributed by atoms with Gasteiger partial charge in [-0.05, 0) is 63.4 Å². The minimum atomic E-state index is 0.0504. The first-order chi connectivity index (χ1) is 10.2. The molecule has 1 amide bonds. The molecule has 4 nitrogen and oxygen atoms in total. The minimum Gasteiger partial charge on any atom is -0.325 e. The number of benzene rings is 1. The number of anilines is 1. The van der Waals surface area contributed by atoms with Gasteiger partial charge in [0.1, 0.15) is 0 Å². The van der Waals surface area contributed by atoms with Crippen LogP contribution in [0, 0.1) is 6.92 Å². The van der Waals surface area contributed by atoms with Gasteiger partial charge in [0.25, 0.3) is 0 Å². The van der Waals surface area contributed by atoms with E-state index in [9.17, 15) is 4.79 Å². The first-order valence-corrected chi connectivity index (χ1v) is 8.04. The van der Waals surface area contributed by atoms with Crippen LogP contribution in [-0.2, 0) is 4.79 Å². The van der Waals surface area contributed by atoms with Crippen LogP contribution in [0.3, 0.4) is 0 Å². The van der Waals surface area contributed by atoms with E-state index in [1.165, 1.54) is 32.4 Å². The van der Waals surface area contributed by atoms with Gasteiger partial charge < -0.3 is 15.5 Å². The van der Waals surface area contributed by atoms with Gasteiger partial charge in [-0.1, -0.05) is 12.1 Å². The number of fused-ring (bicyclic) bond motifs is 1. The summed E-state index contributed by atoms with van der Waals surface area (Å²) >= 11 is 0. The third kappa shape index (κ3) is 3.83. The lowest BCUT2D eigenvalue weighted by molar-refractivity contribution is -0.115. The van der Waals surface area contributed by atoms with Crippen molar-refractivity contribution in [2.24, 2.45) is 0 Å². The van der Waals surface area contributed by atoms with Crippen molar-refractivity contribution < 1.29 is 4.79 Å². The van der Waals surface area contributed by atoms with E-state index in [0.29, 0.717) is 12.6 Å². The van der Waals surface area contributed by atoms with E-state index in [0.717, 1.165) is 23.7 Å². The Hall–Kier alpha value is -1.39. The number of carbonyl (C=O) groups excluding carboxylic acids is 1. The molecule has 2 N–H and O–H groups in total. The highest BCUT2D eigenvalue weighted by Crippen LogP contribution is 2.26. The summed E-state index contributed by atoms with van der Waals surface area (Å²) in [6.07, 6.45) is 5.02. The molecular formula is C17H25N3O. The zero-order valence-electron chi connectivity index (χ0n) is 12.8. The van der Waals surface area contributed by atoms with Gasteiger partial charge in [0.15, 0.2) is 0 Å². The molecule has 0 bridgehead atoms. The molecule has 0 aromatic heterocycles. The average molecular weight is 287 g/mol. The summed E-state index contributed by atoms with van der Waals surface area (Å²) in [6, 6.07) is 9.16. The fourth-order valence-corrected chi connectivity index (χ4v) is 3.57. The molecule has 3 rings (SSSR count). The summed E-state index contributed by atoms with van der Waals surface area (Å²) in [5, 5.41) is 6.39. The molecule has 4 heteroatoms. The lowest BCUT2D eigenvalue weighted by Gasteiger charge is -2.35. The third-order valence-corrected chi connectivity index (χ3v) is 4.67. The van der Waals surface area contributed by atoms with Gasteiger partial charge in [0.2, 0.25) is 5.91 Å². The molecule has 1 aromatic carbocycles. The van der Waals surface area contributed by atoms with E-state index >= 15 is 0 Å². The van der Waals surface area contributed by atoms with Crippen molar-refractivity contribution in [2.45, 2.75) is 44.7 Å². The van der Waals surface area contributed by atoms with Crippen molar-refractivity contribution in [1.82, 2.24) is 10.2 Å². The zero-order valence-corrected chi connectivity index (χ0v) is 12.8. The van der Waals surface area contributed by atoms with Crippen LogP contribution in [0.5, 0.6) is 0 Å². The fourth-order valence-electron chi connectivity index (χ4n) is 3.57. The summed E-state index contributed by atoms with van der Waals surface area (Å²) in [7, 11) is 0. The van der Waals surface area contributed by atoms with E-state index in [4.69, 9.17) is 0 Å². The number of hydrogen-bond acceptors (Lipinski definition) is 3. The molecule has 0 radical (unpaired) electrons. The first-order valence-electron chi connectivity index (χ1n) is 8.04. The molecule has 2 aliphatic heterocycles. The Balaban J connectivity index is 1.43. The van der Waals surface area contributed by atoms with Gasteiger partial charge >= 0.3 is 0 Å². The third-order valence-electron chi connectivity index (χ3n) is 4.67. The quantitative estimate of drug-likeness (QED) is 0.892. The molecule has 21 heavy (non-hydrogen) atoms. The topological polar surface area (TPSA) is 44.4 Å². The van der Waals surface area contributed by atoms with E-state index in [-0.39, 0.29) is 5.91 Å². The maximum absolute atomic E-state index is 12.0. The molecule has 2 fully saturated rings. The highest BCUT2D eigenvalue weighted by molar-refractivity contribution is 5.92. The second-order valence-corrected chi connectivity index (χ2v) is 6.35. The maximum Gasteiger partial charge on any atom is 0.238 e. The number of amides is 1. The molecule has 0 aliphatic carbocycles. The van der Waals surface area contributed by atoms with Crippen LogP contribution in [0.1, 0.15) is 31.2 Å². The Bertz CT molecular complexity index is 503. The first kappa shape index (κ1) is 14.5. The molecule has 2 atom stereocenters. The summed E-state index contributed by atoms with van der Waals surface area (Å²) in [4.78, 5) is 14.6. The monoisotopic (exact) mass is 287 g/mol. The van der Waals surface area contributed by atoms with Gasteiger partial charge in [-0.3, -0.25) is 4.79 Å². The molecule has 2 aliphatic rings. The van der Waals surface area contributed by atoms with E-state index in [1.54, 1.807) is 0 Å². The van der Waals surface area contributed by atoms with Crippen LogP contribution in [-0.4, -0.2) is 42.5 Å². The molecule has 0 saturated carbocycles. The molecule has 0 spiro atoms. The lowest BCUT2D eigenvalue weighted by atomic mass is 9.97. The SMILES string of the molecule is Cc1cccc(NC(=O)CNC2CCN3CCCC3C2)c1. The smallest absolute Gasteiger partial charge is 0.238 e. The number of piperidine rings is 1. The van der Waals surface area contributed by atoms with Crippen molar-refractivity contribution in [2.75, 3.05) is 25.0 Å². The van der Waals surface area contributed by atoms with Gasteiger partial charge in [0.05, 0.1) is 6.54 Å². The highest BCUT2D eigenvalue weighted by atomic mass is 16.1. The summed E-state index contributed by atoms with van der Waals surface area (Å²) < 4.78 is 0. The molecule has 2 heterocycles. The predicted molar refractivity (Wildman–Crippen MR) is 85.4 cm³/mol. The van der Waals surface area contributed by atoms with Crippen LogP contribution >= 0.6 is 0 Å². The van der Waals surface area contributed by atoms with Crippen molar-refractivity contribution in [3.63, 3.8) is 0 Å². The standard InChI is InChI=1S/C17H25N3O/c1-13-4-2-5-15(10-13)19-17(21)12-18-14-7-9-20-8-3-6-16(20)11-14/h2,4-5,10,14,16,18H,3,6-9,11-12H2,1H3,(H,19,21). The minimum absolute atomic E-state index is 0.0504. The Morgan fingerprint density at radius 1 is 1.33 bits per heavy atom. The van der Waals surface area contributed by atoms with Gasteiger partial charge in [-0.2, -0.15) is 0 Å². The van der Waals surface area contributed by atoms with Crippen LogP contribution in [0.25, 0.3) is 0 Å². The fraction of sp³-hybridized carbons (Fsp3) is 0.588. The molecule has 1 aromatic rings. The maximum atomic E-state index is 12.0. The van der Waals surface area contributed by atoms with Crippen molar-refractivity contribution in [3.8, 4) is 0 Å². The largest absolute Gasteiger partial charge is 0.325 e. The average Bonchev–Trinajstić information content (AvgIpc) is 2.92. The second-order valence-electron chi connectivity index (χ2n) is 6.35. The number of carbonyl (C=O) groups is 1. The summed E-state index contributed by atoms with van der Waals surface area (Å²) in [5.41, 5.74) is 2.04. The Morgan fingerprint density at radius 3 is 3.10 bits per heavy atom. The number of nitrogens with one attached hydrogen (secondary N) is 2. The Morgan fingerprint density at radius 2 is 2.24 bits per heavy atom. The lowest BCUT2D eigenvalue weighted by Crippen LogP contribution is -2.47. The van der Waals surface area contributed by atoms with Crippen LogP contribution in [0.4, 0.5) is 5.69 Å². The van der Waals surface area contributed by atoms with E-state index < -0.39 is 0 Å². The van der Waals surface area contributed by atoms with Gasteiger partial charge in [0, 0.05) is 17.8 Å². The molecule has 2 unspecified atom stereocenters. The molecule has 114 valence electrons. The highest BCUT2D eigenvalue weighted by Gasteiger charge is 2.31. The summed E-state index contributed by atoms with van der Waals surface area (Å²) in [5.74, 6) is 0.0504. The van der Waals surface area contributed by atoms with Gasteiger partial charge in [-0.25, -0.2) is 0 Å². The normalized spacial score (nSPS) is 25.6. The van der Waals surface area contributed by atoms with Crippen molar-refractivity contribution in [3.05, 3.63) is 29.8 Å². The van der Waals surface area contributed by atoms with E-state index in [2.05, 4.69) is 15.5 Å². The zero-order chi connectivity index (χ0) is 14.7. The van der Waals surface area contributed by atoms with Crippen LogP contribution in [0.15, 0.2) is 24.3 Å². The molecular weight excluding hydrogens is 262 g/mol. The Kier molecular flexibility index (Phi) is 4.56. The number of aryl methyl sites for hydroxylation is 1. The second kappa shape index (κ2) is 6.58. The van der Waals surface area contributed by atoms with Crippen LogP contribution < -0.4 is 10.6 Å². The molecule has 2 saturated heterocycles. The number of hydrogen-bond donors (Lipinski definition) is 2. The number of nitrogens with zero attached hydrogens (tertiary/aromatic N) is 1. The van der Waals surface area contributed by atoms with Crippen molar-refractivity contribution >= 4 is 11.6 Å². The van der Waals surface area contributed by atoms with Gasteiger partial charge in [-0.15, -0.1) is 0 Å². The summed E-state index contributed by atoms with van der Waals surface area (Å²) in [6.45, 7) is 4.89. The van der Waals surface area contributed by atoms with Crippen LogP contribution in [0.2, 0.25) is 0 Å². The van der Waals surface area contributed by atoms with E-state index in [1.807, 2.05) is 31.2 Å². The van der Waals surface area contributed by atoms with Crippen molar-refractivity contribution in [1.29, 1.82) is 0 Å². The Labute approximate surface area is 126 Å². The predicted octanol–water partition coefficient (Wildman–Crippen LogP) is 2.15. The number of rotatable bonds is 4.